The SMILES string of the molecule is CCOc1ccc(OCC)c(C(C)NC2c3ccccc3CC2O)c1. The van der Waals surface area contributed by atoms with Crippen molar-refractivity contribution in [2.45, 2.75) is 45.4 Å². The van der Waals surface area contributed by atoms with Crippen LogP contribution in [0.5, 0.6) is 11.5 Å². The quantitative estimate of drug-likeness (QED) is 0.804. The fourth-order valence-electron chi connectivity index (χ4n) is 3.54. The maximum absolute atomic E-state index is 10.5. The summed E-state index contributed by atoms with van der Waals surface area (Å²) >= 11 is 0. The van der Waals surface area contributed by atoms with Gasteiger partial charge in [0.05, 0.1) is 25.4 Å². The van der Waals surface area contributed by atoms with E-state index in [1.54, 1.807) is 0 Å². The van der Waals surface area contributed by atoms with Crippen LogP contribution in [0, 0.1) is 0 Å². The summed E-state index contributed by atoms with van der Waals surface area (Å²) in [7, 11) is 0. The predicted octanol–water partition coefficient (Wildman–Crippen LogP) is 3.79. The molecular formula is C21H27NO3. The van der Waals surface area contributed by atoms with Crippen molar-refractivity contribution in [2.24, 2.45) is 0 Å². The van der Waals surface area contributed by atoms with Crippen LogP contribution in [-0.2, 0) is 6.42 Å². The maximum atomic E-state index is 10.5. The highest BCUT2D eigenvalue weighted by molar-refractivity contribution is 5.43. The van der Waals surface area contributed by atoms with E-state index in [4.69, 9.17) is 9.47 Å². The van der Waals surface area contributed by atoms with E-state index in [2.05, 4.69) is 24.4 Å². The minimum Gasteiger partial charge on any atom is -0.494 e. The Balaban J connectivity index is 1.85. The van der Waals surface area contributed by atoms with Gasteiger partial charge >= 0.3 is 0 Å². The van der Waals surface area contributed by atoms with Gasteiger partial charge in [-0.3, -0.25) is 0 Å². The fourth-order valence-corrected chi connectivity index (χ4v) is 3.54. The summed E-state index contributed by atoms with van der Waals surface area (Å²) in [6.07, 6.45) is 0.281. The van der Waals surface area contributed by atoms with Gasteiger partial charge < -0.3 is 19.9 Å². The highest BCUT2D eigenvalue weighted by Crippen LogP contribution is 2.36. The summed E-state index contributed by atoms with van der Waals surface area (Å²) in [5.41, 5.74) is 3.44. The Morgan fingerprint density at radius 3 is 2.64 bits per heavy atom. The Morgan fingerprint density at radius 2 is 1.88 bits per heavy atom. The van der Waals surface area contributed by atoms with Crippen LogP contribution in [0.15, 0.2) is 42.5 Å². The van der Waals surface area contributed by atoms with Gasteiger partial charge in [-0.05, 0) is 50.1 Å². The van der Waals surface area contributed by atoms with Crippen molar-refractivity contribution >= 4 is 0 Å². The maximum Gasteiger partial charge on any atom is 0.124 e. The molecule has 0 saturated carbocycles. The van der Waals surface area contributed by atoms with Gasteiger partial charge in [0, 0.05) is 18.0 Å². The first-order valence-electron chi connectivity index (χ1n) is 9.05. The number of fused-ring (bicyclic) bond motifs is 1. The first-order chi connectivity index (χ1) is 12.1. The second kappa shape index (κ2) is 7.89. The van der Waals surface area contributed by atoms with Crippen LogP contribution in [0.25, 0.3) is 0 Å². The van der Waals surface area contributed by atoms with E-state index in [-0.39, 0.29) is 12.1 Å². The summed E-state index contributed by atoms with van der Waals surface area (Å²) in [4.78, 5) is 0. The highest BCUT2D eigenvalue weighted by Gasteiger charge is 2.32. The second-order valence-electron chi connectivity index (χ2n) is 6.40. The van der Waals surface area contributed by atoms with Crippen LogP contribution >= 0.6 is 0 Å². The van der Waals surface area contributed by atoms with Gasteiger partial charge in [-0.25, -0.2) is 0 Å². The normalized spacial score (nSPS) is 20.2. The van der Waals surface area contributed by atoms with E-state index >= 15 is 0 Å². The lowest BCUT2D eigenvalue weighted by Gasteiger charge is -2.25. The van der Waals surface area contributed by atoms with Gasteiger partial charge in [-0.15, -0.1) is 0 Å². The molecule has 1 aliphatic carbocycles. The summed E-state index contributed by atoms with van der Waals surface area (Å²) in [5.74, 6) is 1.69. The van der Waals surface area contributed by atoms with Crippen molar-refractivity contribution in [2.75, 3.05) is 13.2 Å². The second-order valence-corrected chi connectivity index (χ2v) is 6.40. The zero-order valence-corrected chi connectivity index (χ0v) is 15.2. The third-order valence-corrected chi connectivity index (χ3v) is 4.69. The molecule has 3 unspecified atom stereocenters. The molecular weight excluding hydrogens is 314 g/mol. The highest BCUT2D eigenvalue weighted by atomic mass is 16.5. The van der Waals surface area contributed by atoms with Crippen LogP contribution in [-0.4, -0.2) is 24.4 Å². The molecule has 0 heterocycles. The molecule has 3 atom stereocenters. The first kappa shape index (κ1) is 17.8. The third-order valence-electron chi connectivity index (χ3n) is 4.69. The minimum atomic E-state index is -0.412. The minimum absolute atomic E-state index is 0.0211. The van der Waals surface area contributed by atoms with Gasteiger partial charge in [0.25, 0.3) is 0 Å². The van der Waals surface area contributed by atoms with Crippen LogP contribution in [0.1, 0.15) is 49.5 Å². The van der Waals surface area contributed by atoms with E-state index in [1.807, 2.05) is 44.2 Å². The van der Waals surface area contributed by atoms with Gasteiger partial charge in [0.2, 0.25) is 0 Å². The monoisotopic (exact) mass is 341 g/mol. The van der Waals surface area contributed by atoms with E-state index in [0.717, 1.165) is 17.1 Å². The molecule has 0 saturated heterocycles. The van der Waals surface area contributed by atoms with Crippen molar-refractivity contribution in [3.8, 4) is 11.5 Å². The van der Waals surface area contributed by atoms with Crippen molar-refractivity contribution < 1.29 is 14.6 Å². The number of hydrogen-bond donors (Lipinski definition) is 2. The molecule has 3 rings (SSSR count). The van der Waals surface area contributed by atoms with E-state index in [9.17, 15) is 5.11 Å². The molecule has 2 aromatic rings. The predicted molar refractivity (Wildman–Crippen MR) is 99.2 cm³/mol. The molecule has 2 N–H and O–H groups in total. The van der Waals surface area contributed by atoms with Crippen LogP contribution < -0.4 is 14.8 Å². The van der Waals surface area contributed by atoms with E-state index in [0.29, 0.717) is 19.6 Å². The number of aliphatic hydroxyl groups is 1. The molecule has 4 heteroatoms. The molecule has 0 aliphatic heterocycles. The zero-order chi connectivity index (χ0) is 17.8. The van der Waals surface area contributed by atoms with Crippen molar-refractivity contribution in [1.82, 2.24) is 5.32 Å². The number of hydrogen-bond acceptors (Lipinski definition) is 4. The van der Waals surface area contributed by atoms with Crippen LogP contribution in [0.3, 0.4) is 0 Å². The Bertz CT molecular complexity index is 716. The lowest BCUT2D eigenvalue weighted by molar-refractivity contribution is 0.135. The van der Waals surface area contributed by atoms with Gasteiger partial charge in [-0.1, -0.05) is 24.3 Å². The van der Waals surface area contributed by atoms with Gasteiger partial charge in [0.15, 0.2) is 0 Å². The Morgan fingerprint density at radius 1 is 1.12 bits per heavy atom. The number of benzene rings is 2. The molecule has 2 aromatic carbocycles. The lowest BCUT2D eigenvalue weighted by atomic mass is 10.0. The van der Waals surface area contributed by atoms with Crippen molar-refractivity contribution in [3.05, 3.63) is 59.2 Å². The lowest BCUT2D eigenvalue weighted by Crippen LogP contribution is -2.31. The standard InChI is InChI=1S/C21H27NO3/c1-4-24-16-10-11-20(25-5-2)18(13-16)14(3)22-21-17-9-7-6-8-15(17)12-19(21)23/h6-11,13-14,19,21-23H,4-5,12H2,1-3H3. The summed E-state index contributed by atoms with van der Waals surface area (Å²) in [6.45, 7) is 7.30. The number of aliphatic hydroxyl groups excluding tert-OH is 1. The number of rotatable bonds is 7. The molecule has 134 valence electrons. The van der Waals surface area contributed by atoms with Crippen LogP contribution in [0.2, 0.25) is 0 Å². The zero-order valence-electron chi connectivity index (χ0n) is 15.2. The van der Waals surface area contributed by atoms with Crippen molar-refractivity contribution in [3.63, 3.8) is 0 Å². The fraction of sp³-hybridized carbons (Fsp3) is 0.429. The molecule has 1 aliphatic rings. The molecule has 0 amide bonds. The average molecular weight is 341 g/mol. The van der Waals surface area contributed by atoms with E-state index in [1.165, 1.54) is 11.1 Å². The smallest absolute Gasteiger partial charge is 0.124 e. The van der Waals surface area contributed by atoms with Gasteiger partial charge in [0.1, 0.15) is 11.5 Å². The molecule has 0 fully saturated rings. The number of ether oxygens (including phenoxy) is 2. The first-order valence-corrected chi connectivity index (χ1v) is 9.05. The molecule has 0 bridgehead atoms. The van der Waals surface area contributed by atoms with Crippen LogP contribution in [0.4, 0.5) is 0 Å². The van der Waals surface area contributed by atoms with Gasteiger partial charge in [-0.2, -0.15) is 0 Å². The number of nitrogens with one attached hydrogen (secondary N) is 1. The Hall–Kier alpha value is -2.04. The summed E-state index contributed by atoms with van der Waals surface area (Å²) in [5, 5.41) is 14.1. The molecule has 0 spiro atoms. The topological polar surface area (TPSA) is 50.7 Å². The molecule has 25 heavy (non-hydrogen) atoms. The Labute approximate surface area is 149 Å². The third kappa shape index (κ3) is 3.80. The molecule has 0 aromatic heterocycles. The average Bonchev–Trinajstić information content (AvgIpc) is 2.92. The van der Waals surface area contributed by atoms with E-state index < -0.39 is 6.10 Å². The largest absolute Gasteiger partial charge is 0.494 e. The molecule has 4 nitrogen and oxygen atoms in total. The molecule has 0 radical (unpaired) electrons. The Kier molecular flexibility index (Phi) is 5.61. The summed E-state index contributed by atoms with van der Waals surface area (Å²) < 4.78 is 11.4. The van der Waals surface area contributed by atoms with Crippen molar-refractivity contribution in [1.29, 1.82) is 0 Å². The summed E-state index contributed by atoms with van der Waals surface area (Å²) in [6, 6.07) is 14.1.